The van der Waals surface area contributed by atoms with Crippen LogP contribution in [0.1, 0.15) is 33.3 Å². The molecule has 0 aliphatic rings. The molecule has 8 nitrogen and oxygen atoms in total. The molecule has 0 heterocycles. The van der Waals surface area contributed by atoms with Crippen molar-refractivity contribution in [3.63, 3.8) is 0 Å². The fourth-order valence-corrected chi connectivity index (χ4v) is 4.42. The van der Waals surface area contributed by atoms with E-state index in [1.807, 2.05) is 36.5 Å². The molecule has 0 saturated heterocycles. The van der Waals surface area contributed by atoms with E-state index in [4.69, 9.17) is 16.3 Å². The van der Waals surface area contributed by atoms with Gasteiger partial charge in [-0.3, -0.25) is 9.69 Å². The number of benzene rings is 3. The molecule has 0 fully saturated rings. The molecule has 1 atom stereocenters. The summed E-state index contributed by atoms with van der Waals surface area (Å²) < 4.78 is 5.85. The van der Waals surface area contributed by atoms with Crippen molar-refractivity contribution in [2.45, 2.75) is 52.2 Å². The SMILES string of the molecule is CC(C)N(CCNC(=O)[C@H](Cc1ccccc1)N/C(=N\C#N)Nc1ccc(Oc2ccc(Cl)cc2)cc1)C(C)C. The molecule has 40 heavy (non-hydrogen) atoms. The fraction of sp³-hybridized carbons (Fsp3) is 0.323. The Hall–Kier alpha value is -4.06. The highest BCUT2D eigenvalue weighted by atomic mass is 35.5. The Morgan fingerprint density at radius 2 is 1.55 bits per heavy atom. The van der Waals surface area contributed by atoms with Crippen LogP contribution in [0.3, 0.4) is 0 Å². The molecule has 3 aromatic rings. The highest BCUT2D eigenvalue weighted by molar-refractivity contribution is 6.30. The molecule has 9 heteroatoms. The van der Waals surface area contributed by atoms with Crippen molar-refractivity contribution in [3.05, 3.63) is 89.4 Å². The summed E-state index contributed by atoms with van der Waals surface area (Å²) in [5, 5.41) is 19.3. The second kappa shape index (κ2) is 15.5. The summed E-state index contributed by atoms with van der Waals surface area (Å²) in [6.45, 7) is 9.83. The van der Waals surface area contributed by atoms with Crippen LogP contribution in [0.25, 0.3) is 0 Å². The maximum atomic E-state index is 13.3. The number of hydrogen-bond acceptors (Lipinski definition) is 5. The summed E-state index contributed by atoms with van der Waals surface area (Å²) in [7, 11) is 0. The molecule has 0 unspecified atom stereocenters. The monoisotopic (exact) mass is 560 g/mol. The summed E-state index contributed by atoms with van der Waals surface area (Å²) in [5.41, 5.74) is 1.66. The third-order valence-electron chi connectivity index (χ3n) is 6.23. The summed E-state index contributed by atoms with van der Waals surface area (Å²) >= 11 is 5.94. The van der Waals surface area contributed by atoms with E-state index in [0.29, 0.717) is 47.3 Å². The molecule has 3 aromatic carbocycles. The van der Waals surface area contributed by atoms with Gasteiger partial charge in [0.25, 0.3) is 0 Å². The number of nitrogens with zero attached hydrogens (tertiary/aromatic N) is 3. The Balaban J connectivity index is 1.68. The lowest BCUT2D eigenvalue weighted by Gasteiger charge is -2.30. The minimum absolute atomic E-state index is 0.171. The van der Waals surface area contributed by atoms with Crippen molar-refractivity contribution in [1.82, 2.24) is 15.5 Å². The number of guanidine groups is 1. The number of hydrogen-bond donors (Lipinski definition) is 3. The van der Waals surface area contributed by atoms with Crippen molar-refractivity contribution >= 4 is 29.2 Å². The van der Waals surface area contributed by atoms with Gasteiger partial charge in [-0.05, 0) is 81.8 Å². The van der Waals surface area contributed by atoms with Gasteiger partial charge in [0, 0.05) is 42.3 Å². The van der Waals surface area contributed by atoms with E-state index in [0.717, 1.165) is 12.1 Å². The van der Waals surface area contributed by atoms with E-state index in [2.05, 4.69) is 53.5 Å². The van der Waals surface area contributed by atoms with Crippen LogP contribution in [-0.4, -0.2) is 48.0 Å². The van der Waals surface area contributed by atoms with Gasteiger partial charge in [0.15, 0.2) is 0 Å². The van der Waals surface area contributed by atoms with E-state index in [1.54, 1.807) is 48.5 Å². The second-order valence-corrected chi connectivity index (χ2v) is 10.3. The number of anilines is 1. The van der Waals surface area contributed by atoms with Crippen molar-refractivity contribution in [2.75, 3.05) is 18.4 Å². The molecule has 0 radical (unpaired) electrons. The van der Waals surface area contributed by atoms with Gasteiger partial charge in [-0.25, -0.2) is 0 Å². The second-order valence-electron chi connectivity index (χ2n) is 9.87. The normalized spacial score (nSPS) is 12.2. The van der Waals surface area contributed by atoms with E-state index in [1.165, 1.54) is 0 Å². The van der Waals surface area contributed by atoms with Gasteiger partial charge in [-0.1, -0.05) is 41.9 Å². The predicted octanol–water partition coefficient (Wildman–Crippen LogP) is 5.82. The molecular formula is C31H37ClN6O2. The van der Waals surface area contributed by atoms with Crippen LogP contribution < -0.4 is 20.7 Å². The van der Waals surface area contributed by atoms with E-state index in [-0.39, 0.29) is 11.9 Å². The first-order valence-corrected chi connectivity index (χ1v) is 13.7. The van der Waals surface area contributed by atoms with Gasteiger partial charge in [0.2, 0.25) is 18.1 Å². The lowest BCUT2D eigenvalue weighted by molar-refractivity contribution is -0.122. The van der Waals surface area contributed by atoms with Crippen LogP contribution in [0, 0.1) is 11.5 Å². The van der Waals surface area contributed by atoms with Gasteiger partial charge in [0.1, 0.15) is 17.5 Å². The van der Waals surface area contributed by atoms with Crippen LogP contribution in [0.15, 0.2) is 83.9 Å². The molecular weight excluding hydrogens is 524 g/mol. The Labute approximate surface area is 242 Å². The van der Waals surface area contributed by atoms with Crippen LogP contribution in [-0.2, 0) is 11.2 Å². The van der Waals surface area contributed by atoms with Gasteiger partial charge >= 0.3 is 0 Å². The maximum absolute atomic E-state index is 13.3. The number of rotatable bonds is 12. The number of halogens is 1. The number of carbonyl (C=O) groups excluding carboxylic acids is 1. The number of ether oxygens (including phenoxy) is 1. The third-order valence-corrected chi connectivity index (χ3v) is 6.49. The molecule has 0 bridgehead atoms. The summed E-state index contributed by atoms with van der Waals surface area (Å²) in [6.07, 6.45) is 2.24. The van der Waals surface area contributed by atoms with Crippen molar-refractivity contribution in [3.8, 4) is 17.7 Å². The lowest BCUT2D eigenvalue weighted by Crippen LogP contribution is -2.51. The lowest BCUT2D eigenvalue weighted by atomic mass is 10.1. The number of amides is 1. The average Bonchev–Trinajstić information content (AvgIpc) is 2.93. The summed E-state index contributed by atoms with van der Waals surface area (Å²) in [5.74, 6) is 1.31. The van der Waals surface area contributed by atoms with E-state index in [9.17, 15) is 10.1 Å². The molecule has 0 saturated carbocycles. The van der Waals surface area contributed by atoms with Crippen LogP contribution >= 0.6 is 11.6 Å². The van der Waals surface area contributed by atoms with Gasteiger partial charge < -0.3 is 20.7 Å². The minimum atomic E-state index is -0.652. The van der Waals surface area contributed by atoms with Crippen molar-refractivity contribution in [1.29, 1.82) is 5.26 Å². The Morgan fingerprint density at radius 3 is 2.12 bits per heavy atom. The first kappa shape index (κ1) is 30.5. The zero-order valence-electron chi connectivity index (χ0n) is 23.4. The number of nitrogens with one attached hydrogen (secondary N) is 3. The van der Waals surface area contributed by atoms with Crippen LogP contribution in [0.5, 0.6) is 11.5 Å². The maximum Gasteiger partial charge on any atom is 0.242 e. The van der Waals surface area contributed by atoms with Crippen molar-refractivity contribution in [2.24, 2.45) is 4.99 Å². The Morgan fingerprint density at radius 1 is 0.950 bits per heavy atom. The molecule has 3 N–H and O–H groups in total. The Bertz CT molecular complexity index is 1260. The Kier molecular flexibility index (Phi) is 11.8. The zero-order valence-corrected chi connectivity index (χ0v) is 24.2. The quantitative estimate of drug-likeness (QED) is 0.147. The summed E-state index contributed by atoms with van der Waals surface area (Å²) in [6, 6.07) is 24.1. The van der Waals surface area contributed by atoms with Gasteiger partial charge in [-0.15, -0.1) is 4.99 Å². The molecule has 0 aromatic heterocycles. The fourth-order valence-electron chi connectivity index (χ4n) is 4.30. The van der Waals surface area contributed by atoms with Gasteiger partial charge in [-0.2, -0.15) is 5.26 Å². The molecule has 210 valence electrons. The topological polar surface area (TPSA) is 102 Å². The number of nitriles is 1. The highest BCUT2D eigenvalue weighted by Crippen LogP contribution is 2.24. The molecule has 1 amide bonds. The predicted molar refractivity (Wildman–Crippen MR) is 162 cm³/mol. The van der Waals surface area contributed by atoms with E-state index >= 15 is 0 Å². The number of carbonyl (C=O) groups is 1. The zero-order chi connectivity index (χ0) is 28.9. The molecule has 0 aliphatic heterocycles. The third kappa shape index (κ3) is 9.92. The van der Waals surface area contributed by atoms with Gasteiger partial charge in [0.05, 0.1) is 0 Å². The molecule has 0 aliphatic carbocycles. The average molecular weight is 561 g/mol. The van der Waals surface area contributed by atoms with Crippen LogP contribution in [0.2, 0.25) is 5.02 Å². The highest BCUT2D eigenvalue weighted by Gasteiger charge is 2.21. The van der Waals surface area contributed by atoms with E-state index < -0.39 is 6.04 Å². The molecule has 3 rings (SSSR count). The van der Waals surface area contributed by atoms with Crippen molar-refractivity contribution < 1.29 is 9.53 Å². The minimum Gasteiger partial charge on any atom is -0.457 e. The largest absolute Gasteiger partial charge is 0.457 e. The van der Waals surface area contributed by atoms with Crippen LogP contribution in [0.4, 0.5) is 5.69 Å². The summed E-state index contributed by atoms with van der Waals surface area (Å²) in [4.78, 5) is 19.5. The first-order valence-electron chi connectivity index (χ1n) is 13.4. The smallest absolute Gasteiger partial charge is 0.242 e. The standard InChI is InChI=1S/C31H37ClN6O2/c1-22(2)38(23(3)4)19-18-34-30(39)29(20-24-8-6-5-7-9-24)37-31(35-21-33)36-26-12-16-28(17-13-26)40-27-14-10-25(32)11-15-27/h5-17,22-23,29H,18-20H2,1-4H3,(H,34,39)(H2,35,36,37)/t29-/m0/s1. The first-order chi connectivity index (χ1) is 19.2. The molecule has 0 spiro atoms. The number of aliphatic imine (C=N–C) groups is 1.